The van der Waals surface area contributed by atoms with E-state index >= 15 is 0 Å². The van der Waals surface area contributed by atoms with E-state index in [4.69, 9.17) is 14.2 Å². The van der Waals surface area contributed by atoms with E-state index in [1.165, 1.54) is 25.7 Å². The fourth-order valence-electron chi connectivity index (χ4n) is 1.79. The van der Waals surface area contributed by atoms with Crippen molar-refractivity contribution in [3.05, 3.63) is 0 Å². The lowest BCUT2D eigenvalue weighted by molar-refractivity contribution is -0.175. The average Bonchev–Trinajstić information content (AvgIpc) is 2.67. The van der Waals surface area contributed by atoms with Gasteiger partial charge in [-0.1, -0.05) is 12.8 Å². The molecule has 0 aromatic rings. The molecule has 0 aliphatic heterocycles. The second-order valence-corrected chi connectivity index (χ2v) is 3.58. The van der Waals surface area contributed by atoms with Gasteiger partial charge in [-0.2, -0.15) is 0 Å². The summed E-state index contributed by atoms with van der Waals surface area (Å²) in [7, 11) is 0. The summed E-state index contributed by atoms with van der Waals surface area (Å²) in [5, 5.41) is 0. The molecule has 0 heterocycles. The van der Waals surface area contributed by atoms with Gasteiger partial charge in [-0.3, -0.25) is 0 Å². The molecule has 0 amide bonds. The Hall–Kier alpha value is -0.120. The second-order valence-electron chi connectivity index (χ2n) is 3.58. The minimum absolute atomic E-state index is 0.175. The quantitative estimate of drug-likeness (QED) is 0.593. The monoisotopic (exact) mass is 202 g/mol. The molecule has 0 radical (unpaired) electrons. The van der Waals surface area contributed by atoms with Crippen molar-refractivity contribution in [1.29, 1.82) is 0 Å². The number of ether oxygens (including phenoxy) is 3. The van der Waals surface area contributed by atoms with Gasteiger partial charge in [0.1, 0.15) is 0 Å². The molecule has 1 aliphatic rings. The van der Waals surface area contributed by atoms with Crippen LogP contribution in [-0.2, 0) is 14.2 Å². The summed E-state index contributed by atoms with van der Waals surface area (Å²) < 4.78 is 16.5. The normalized spacial score (nSPS) is 18.2. The van der Waals surface area contributed by atoms with Crippen molar-refractivity contribution in [2.75, 3.05) is 19.8 Å². The zero-order valence-corrected chi connectivity index (χ0v) is 9.33. The molecule has 0 N–H and O–H groups in total. The Labute approximate surface area is 86.7 Å². The van der Waals surface area contributed by atoms with Crippen LogP contribution in [0.25, 0.3) is 0 Å². The van der Waals surface area contributed by atoms with E-state index in [0.29, 0.717) is 25.9 Å². The molecule has 0 unspecified atom stereocenters. The van der Waals surface area contributed by atoms with E-state index in [1.54, 1.807) is 0 Å². The molecule has 0 aromatic heterocycles. The van der Waals surface area contributed by atoms with Gasteiger partial charge in [0.25, 0.3) is 0 Å². The smallest absolute Gasteiger partial charge is 0.180 e. The summed E-state index contributed by atoms with van der Waals surface area (Å²) in [4.78, 5) is 0. The second kappa shape index (κ2) is 7.21. The van der Waals surface area contributed by atoms with Crippen LogP contribution in [0.1, 0.15) is 39.5 Å². The molecular formula is C11H22O3. The molecule has 1 fully saturated rings. The van der Waals surface area contributed by atoms with Gasteiger partial charge >= 0.3 is 0 Å². The lowest BCUT2D eigenvalue weighted by Crippen LogP contribution is -2.26. The zero-order valence-electron chi connectivity index (χ0n) is 9.33. The molecule has 0 bridgehead atoms. The lowest BCUT2D eigenvalue weighted by atomic mass is 10.3. The first-order chi connectivity index (χ1) is 6.86. The molecule has 3 nitrogen and oxygen atoms in total. The summed E-state index contributed by atoms with van der Waals surface area (Å²) >= 11 is 0. The summed E-state index contributed by atoms with van der Waals surface area (Å²) in [5.41, 5.74) is 0. The fourth-order valence-corrected chi connectivity index (χ4v) is 1.79. The molecular weight excluding hydrogens is 180 g/mol. The van der Waals surface area contributed by atoms with E-state index in [-0.39, 0.29) is 6.29 Å². The Kier molecular flexibility index (Phi) is 6.15. The molecule has 0 saturated heterocycles. The third kappa shape index (κ3) is 4.40. The molecule has 0 atom stereocenters. The summed E-state index contributed by atoms with van der Waals surface area (Å²) in [5.74, 6) is 0. The summed E-state index contributed by atoms with van der Waals surface area (Å²) in [6.07, 6.45) is 5.27. The number of rotatable bonds is 7. The van der Waals surface area contributed by atoms with Crippen LogP contribution in [-0.4, -0.2) is 32.2 Å². The van der Waals surface area contributed by atoms with Crippen molar-refractivity contribution in [3.8, 4) is 0 Å². The molecule has 84 valence electrons. The van der Waals surface area contributed by atoms with Gasteiger partial charge in [0.2, 0.25) is 0 Å². The molecule has 0 aromatic carbocycles. The highest BCUT2D eigenvalue weighted by molar-refractivity contribution is 4.66. The van der Waals surface area contributed by atoms with Crippen LogP contribution in [0, 0.1) is 0 Å². The Morgan fingerprint density at radius 1 is 1.07 bits per heavy atom. The maximum Gasteiger partial charge on any atom is 0.180 e. The Balaban J connectivity index is 2.10. The largest absolute Gasteiger partial charge is 0.373 e. The first kappa shape index (κ1) is 12.0. The highest BCUT2D eigenvalue weighted by Gasteiger charge is 2.17. The van der Waals surface area contributed by atoms with Crippen molar-refractivity contribution in [2.24, 2.45) is 0 Å². The molecule has 3 heteroatoms. The van der Waals surface area contributed by atoms with Gasteiger partial charge in [0.15, 0.2) is 6.29 Å². The average molecular weight is 202 g/mol. The Morgan fingerprint density at radius 3 is 2.14 bits per heavy atom. The first-order valence-electron chi connectivity index (χ1n) is 5.71. The van der Waals surface area contributed by atoms with E-state index < -0.39 is 0 Å². The maximum atomic E-state index is 5.72. The van der Waals surface area contributed by atoms with Crippen LogP contribution in [0.5, 0.6) is 0 Å². The first-order valence-corrected chi connectivity index (χ1v) is 5.71. The summed E-state index contributed by atoms with van der Waals surface area (Å²) in [6, 6.07) is 0. The highest BCUT2D eigenvalue weighted by atomic mass is 16.7. The molecule has 0 spiro atoms. The third-order valence-electron chi connectivity index (χ3n) is 2.48. The van der Waals surface area contributed by atoms with Crippen LogP contribution in [0.15, 0.2) is 0 Å². The standard InChI is InChI=1S/C11H22O3/c1-3-12-11(13-4-2)9-14-10-7-5-6-8-10/h10-11H,3-9H2,1-2H3. The topological polar surface area (TPSA) is 27.7 Å². The fraction of sp³-hybridized carbons (Fsp3) is 1.00. The van der Waals surface area contributed by atoms with Crippen molar-refractivity contribution in [3.63, 3.8) is 0 Å². The van der Waals surface area contributed by atoms with E-state index in [0.717, 1.165) is 0 Å². The van der Waals surface area contributed by atoms with Crippen molar-refractivity contribution >= 4 is 0 Å². The maximum absolute atomic E-state index is 5.72. The molecule has 14 heavy (non-hydrogen) atoms. The van der Waals surface area contributed by atoms with Gasteiger partial charge in [-0.25, -0.2) is 0 Å². The van der Waals surface area contributed by atoms with Crippen LogP contribution in [0.2, 0.25) is 0 Å². The van der Waals surface area contributed by atoms with E-state index in [1.807, 2.05) is 13.8 Å². The molecule has 1 rings (SSSR count). The van der Waals surface area contributed by atoms with Gasteiger partial charge in [-0.05, 0) is 26.7 Å². The number of hydrogen-bond acceptors (Lipinski definition) is 3. The molecule has 1 saturated carbocycles. The predicted octanol–water partition coefficient (Wildman–Crippen LogP) is 2.34. The van der Waals surface area contributed by atoms with E-state index in [9.17, 15) is 0 Å². The van der Waals surface area contributed by atoms with Crippen molar-refractivity contribution in [1.82, 2.24) is 0 Å². The number of hydrogen-bond donors (Lipinski definition) is 0. The van der Waals surface area contributed by atoms with Crippen molar-refractivity contribution < 1.29 is 14.2 Å². The minimum Gasteiger partial charge on any atom is -0.373 e. The highest BCUT2D eigenvalue weighted by Crippen LogP contribution is 2.21. The van der Waals surface area contributed by atoms with Crippen LogP contribution in [0.3, 0.4) is 0 Å². The summed E-state index contributed by atoms with van der Waals surface area (Å²) in [6.45, 7) is 5.88. The van der Waals surface area contributed by atoms with Gasteiger partial charge in [-0.15, -0.1) is 0 Å². The third-order valence-corrected chi connectivity index (χ3v) is 2.48. The van der Waals surface area contributed by atoms with Crippen LogP contribution >= 0.6 is 0 Å². The van der Waals surface area contributed by atoms with Gasteiger partial charge in [0, 0.05) is 13.2 Å². The van der Waals surface area contributed by atoms with Gasteiger partial charge in [0.05, 0.1) is 12.7 Å². The molecule has 1 aliphatic carbocycles. The Bertz CT molecular complexity index is 126. The van der Waals surface area contributed by atoms with Crippen LogP contribution < -0.4 is 0 Å². The van der Waals surface area contributed by atoms with Crippen molar-refractivity contribution in [2.45, 2.75) is 51.9 Å². The Morgan fingerprint density at radius 2 is 1.64 bits per heavy atom. The zero-order chi connectivity index (χ0) is 10.2. The minimum atomic E-state index is -0.175. The predicted molar refractivity (Wildman–Crippen MR) is 55.2 cm³/mol. The lowest BCUT2D eigenvalue weighted by Gasteiger charge is -2.19. The van der Waals surface area contributed by atoms with Crippen LogP contribution in [0.4, 0.5) is 0 Å². The van der Waals surface area contributed by atoms with Gasteiger partial charge < -0.3 is 14.2 Å². The van der Waals surface area contributed by atoms with E-state index in [2.05, 4.69) is 0 Å². The SMILES string of the molecule is CCOC(COC1CCCC1)OCC.